The fraction of sp³-hybridized carbons (Fsp3) is 0.500. The van der Waals surface area contributed by atoms with E-state index in [9.17, 15) is 9.59 Å². The smallest absolute Gasteiger partial charge is 0.316 e. The van der Waals surface area contributed by atoms with Crippen molar-refractivity contribution in [3.05, 3.63) is 0 Å². The first-order chi connectivity index (χ1) is 6.89. The molecule has 2 N–H and O–H groups in total. The molecule has 15 heavy (non-hydrogen) atoms. The highest BCUT2D eigenvalue weighted by atomic mass is 32.2. The Bertz CT molecular complexity index is 415. The normalized spacial score (nSPS) is 12.3. The van der Waals surface area contributed by atoms with Crippen molar-refractivity contribution in [2.75, 3.05) is 5.75 Å². The Labute approximate surface area is 98.4 Å². The van der Waals surface area contributed by atoms with Crippen LogP contribution in [0, 0.1) is 0 Å². The third-order valence-electron chi connectivity index (χ3n) is 1.89. The molecule has 0 heterocycles. The average Bonchev–Trinajstić information content (AvgIpc) is 2.19. The molecule has 0 aromatic carbocycles. The zero-order valence-electron chi connectivity index (χ0n) is 7.93. The van der Waals surface area contributed by atoms with Gasteiger partial charge in [-0.3, -0.25) is 9.59 Å². The molecule has 0 aromatic rings. The van der Waals surface area contributed by atoms with Crippen molar-refractivity contribution in [2.45, 2.75) is 18.6 Å². The lowest BCUT2D eigenvalue weighted by atomic mass is 10.5. The number of hydrogen-bond acceptors (Lipinski definition) is 4. The van der Waals surface area contributed by atoms with Gasteiger partial charge >= 0.3 is 11.9 Å². The largest absolute Gasteiger partial charge is 0.481 e. The molecular weight excluding hydrogens is 256 g/mol. The van der Waals surface area contributed by atoms with Gasteiger partial charge in [0, 0.05) is 5.75 Å². The summed E-state index contributed by atoms with van der Waals surface area (Å²) in [7, 11) is -2.20. The minimum Gasteiger partial charge on any atom is -0.481 e. The quantitative estimate of drug-likeness (QED) is 0.733. The molecule has 0 saturated carbocycles. The van der Waals surface area contributed by atoms with Gasteiger partial charge in [0.15, 0.2) is 0 Å². The molecule has 84 valence electrons. The molecule has 0 fully saturated rings. The van der Waals surface area contributed by atoms with E-state index in [1.54, 1.807) is 0 Å². The zero-order valence-corrected chi connectivity index (χ0v) is 10.4. The number of hydrogen-bond donors (Lipinski definition) is 2. The molecule has 0 aromatic heterocycles. The Morgan fingerprint density at radius 1 is 1.33 bits per heavy atom. The molecule has 0 aliphatic heterocycles. The lowest BCUT2D eigenvalue weighted by Gasteiger charge is -2.15. The number of rotatable bonds is 5. The minimum atomic E-state index is -2.20. The van der Waals surface area contributed by atoms with Crippen molar-refractivity contribution in [3.63, 3.8) is 0 Å². The molecule has 4 nitrogen and oxygen atoms in total. The third-order valence-corrected chi connectivity index (χ3v) is 6.52. The molecule has 1 unspecified atom stereocenters. The first-order valence-corrected chi connectivity index (χ1v) is 6.60. The lowest BCUT2D eigenvalue weighted by Crippen LogP contribution is -2.19. The maximum atomic E-state index is 10.8. The maximum absolute atomic E-state index is 10.8. The van der Waals surface area contributed by atoms with Gasteiger partial charge < -0.3 is 10.2 Å². The van der Waals surface area contributed by atoms with Crippen molar-refractivity contribution in [1.82, 2.24) is 0 Å². The Kier molecular flexibility index (Phi) is 5.72. The molecule has 0 amide bonds. The van der Waals surface area contributed by atoms with Crippen LogP contribution in [0.4, 0.5) is 0 Å². The first kappa shape index (κ1) is 14.3. The van der Waals surface area contributed by atoms with Gasteiger partial charge in [-0.25, -0.2) is 0 Å². The molecule has 7 heteroatoms. The van der Waals surface area contributed by atoms with E-state index < -0.39 is 26.4 Å². The zero-order chi connectivity index (χ0) is 12.1. The molecular formula is C8H10O4S3. The molecule has 0 radical (unpaired) electrons. The van der Waals surface area contributed by atoms with E-state index in [4.69, 9.17) is 10.2 Å². The summed E-state index contributed by atoms with van der Waals surface area (Å²) in [4.78, 5) is 21.2. The standard InChI is InChI=1S/C8H10O4S3/c1-6(8(11)12)15(4-13,5-14)3-2-7(9)10/h6H,2-3H2,1H3,(H,9,10)(H,11,12). The second-order valence-corrected chi connectivity index (χ2v) is 6.82. The fourth-order valence-corrected chi connectivity index (χ4v) is 4.30. The summed E-state index contributed by atoms with van der Waals surface area (Å²) < 4.78 is 4.82. The predicted molar refractivity (Wildman–Crippen MR) is 67.0 cm³/mol. The minimum absolute atomic E-state index is 0.0861. The van der Waals surface area contributed by atoms with Crippen molar-refractivity contribution < 1.29 is 19.8 Å². The number of carbonyl (C=O) groups is 2. The molecule has 1 atom stereocenters. The molecule has 0 rings (SSSR count). The van der Waals surface area contributed by atoms with E-state index >= 15 is 0 Å². The van der Waals surface area contributed by atoms with Crippen LogP contribution in [0.25, 0.3) is 0 Å². The Balaban J connectivity index is 5.31. The predicted octanol–water partition coefficient (Wildman–Crippen LogP) is 1.41. The second kappa shape index (κ2) is 6.00. The Hall–Kier alpha value is -0.710. The number of carboxylic acid groups (broad SMARTS) is 2. The average molecular weight is 266 g/mol. The van der Waals surface area contributed by atoms with Gasteiger partial charge in [0.1, 0.15) is 5.25 Å². The number of thiocarbonyl (C=S) groups is 2. The van der Waals surface area contributed by atoms with Gasteiger partial charge in [0.2, 0.25) is 0 Å². The molecule has 0 aliphatic carbocycles. The third kappa shape index (κ3) is 3.74. The van der Waals surface area contributed by atoms with Crippen LogP contribution in [0.2, 0.25) is 0 Å². The van der Waals surface area contributed by atoms with Crippen molar-refractivity contribution in [2.24, 2.45) is 0 Å². The molecule has 0 spiro atoms. The van der Waals surface area contributed by atoms with Crippen LogP contribution < -0.4 is 0 Å². The van der Waals surface area contributed by atoms with Crippen LogP contribution in [-0.2, 0) is 9.59 Å². The van der Waals surface area contributed by atoms with Crippen molar-refractivity contribution in [3.8, 4) is 0 Å². The van der Waals surface area contributed by atoms with Crippen LogP contribution in [0.3, 0.4) is 0 Å². The molecule has 0 aliphatic rings. The fourth-order valence-electron chi connectivity index (χ4n) is 0.842. The summed E-state index contributed by atoms with van der Waals surface area (Å²) in [5.41, 5.74) is 0. The van der Waals surface area contributed by atoms with Gasteiger partial charge in [-0.2, -0.15) is 0 Å². The van der Waals surface area contributed by atoms with E-state index in [2.05, 4.69) is 33.1 Å². The highest BCUT2D eigenvalue weighted by Crippen LogP contribution is 2.29. The summed E-state index contributed by atoms with van der Waals surface area (Å²) in [6.07, 6.45) is -0.180. The highest BCUT2D eigenvalue weighted by Gasteiger charge is 2.21. The number of carboxylic acids is 2. The van der Waals surface area contributed by atoms with Crippen LogP contribution in [-0.4, -0.2) is 41.8 Å². The van der Waals surface area contributed by atoms with Crippen LogP contribution in [0.5, 0.6) is 0 Å². The SMILES string of the molecule is CC(C(=O)O)S(=C=S)(=C=S)CCC(=O)O. The highest BCUT2D eigenvalue weighted by molar-refractivity contribution is 8.35. The molecule has 0 bridgehead atoms. The van der Waals surface area contributed by atoms with Crippen molar-refractivity contribution in [1.29, 1.82) is 0 Å². The lowest BCUT2D eigenvalue weighted by molar-refractivity contribution is -0.137. The van der Waals surface area contributed by atoms with Crippen LogP contribution in [0.1, 0.15) is 13.3 Å². The number of aliphatic carboxylic acids is 2. The molecule has 0 saturated heterocycles. The second-order valence-electron chi connectivity index (χ2n) is 2.79. The summed E-state index contributed by atoms with van der Waals surface area (Å²) in [6.45, 7) is 1.44. The maximum Gasteiger partial charge on any atom is 0.316 e. The van der Waals surface area contributed by atoms with E-state index in [0.29, 0.717) is 0 Å². The van der Waals surface area contributed by atoms with Crippen molar-refractivity contribution >= 4 is 54.2 Å². The monoisotopic (exact) mass is 266 g/mol. The first-order valence-electron chi connectivity index (χ1n) is 3.92. The topological polar surface area (TPSA) is 74.6 Å². The van der Waals surface area contributed by atoms with Gasteiger partial charge in [-0.15, -0.1) is 0 Å². The summed E-state index contributed by atoms with van der Waals surface area (Å²) >= 11 is 9.27. The van der Waals surface area contributed by atoms with E-state index in [1.807, 2.05) is 0 Å². The van der Waals surface area contributed by atoms with Gasteiger partial charge in [0.25, 0.3) is 0 Å². The van der Waals surface area contributed by atoms with E-state index in [1.165, 1.54) is 6.92 Å². The Morgan fingerprint density at radius 2 is 1.80 bits per heavy atom. The van der Waals surface area contributed by atoms with Gasteiger partial charge in [-0.1, -0.05) is 9.21 Å². The summed E-state index contributed by atoms with van der Waals surface area (Å²) in [6, 6.07) is 0. The van der Waals surface area contributed by atoms with E-state index in [0.717, 1.165) is 0 Å². The van der Waals surface area contributed by atoms with E-state index in [-0.39, 0.29) is 12.2 Å². The summed E-state index contributed by atoms with van der Waals surface area (Å²) in [5.74, 6) is -1.99. The van der Waals surface area contributed by atoms with Crippen LogP contribution >= 0.6 is 33.6 Å². The van der Waals surface area contributed by atoms with Gasteiger partial charge in [-0.05, 0) is 40.0 Å². The Morgan fingerprint density at radius 3 is 2.07 bits per heavy atom. The van der Waals surface area contributed by atoms with Crippen LogP contribution in [0.15, 0.2) is 0 Å². The van der Waals surface area contributed by atoms with Gasteiger partial charge in [0.05, 0.1) is 6.42 Å². The summed E-state index contributed by atoms with van der Waals surface area (Å²) in [5, 5.41) is 16.5.